The van der Waals surface area contributed by atoms with Crippen molar-refractivity contribution in [2.45, 2.75) is 43.9 Å². The van der Waals surface area contributed by atoms with Gasteiger partial charge in [-0.1, -0.05) is 37.1 Å². The predicted molar refractivity (Wildman–Crippen MR) is 84.0 cm³/mol. The van der Waals surface area contributed by atoms with Gasteiger partial charge in [-0.2, -0.15) is 0 Å². The highest BCUT2D eigenvalue weighted by Crippen LogP contribution is 2.27. The van der Waals surface area contributed by atoms with E-state index in [1.165, 1.54) is 6.07 Å². The van der Waals surface area contributed by atoms with Gasteiger partial charge >= 0.3 is 0 Å². The molecule has 0 amide bonds. The smallest absolute Gasteiger partial charge is 0.154 e. The van der Waals surface area contributed by atoms with Crippen LogP contribution in [0.3, 0.4) is 0 Å². The van der Waals surface area contributed by atoms with Crippen molar-refractivity contribution >= 4 is 21.4 Å². The van der Waals surface area contributed by atoms with Gasteiger partial charge in [0.25, 0.3) is 0 Å². The molecule has 0 aromatic heterocycles. The summed E-state index contributed by atoms with van der Waals surface area (Å²) in [5.74, 6) is -0.216. The van der Waals surface area contributed by atoms with E-state index in [1.807, 2.05) is 6.92 Å². The third kappa shape index (κ3) is 3.96. The number of nitrogens with one attached hydrogen (secondary N) is 1. The van der Waals surface area contributed by atoms with E-state index >= 15 is 0 Å². The molecule has 1 saturated heterocycles. The van der Waals surface area contributed by atoms with E-state index in [4.69, 9.17) is 11.6 Å². The quantitative estimate of drug-likeness (QED) is 0.901. The number of benzene rings is 1. The Bertz CT molecular complexity index is 591. The summed E-state index contributed by atoms with van der Waals surface area (Å²) < 4.78 is 38.1. The molecule has 1 fully saturated rings. The molecule has 1 aromatic carbocycles. The number of hydrogen-bond donors (Lipinski definition) is 1. The number of sulfone groups is 1. The maximum absolute atomic E-state index is 13.5. The second kappa shape index (κ2) is 7.07. The van der Waals surface area contributed by atoms with Crippen LogP contribution in [-0.4, -0.2) is 32.0 Å². The highest BCUT2D eigenvalue weighted by Gasteiger charge is 2.35. The summed E-state index contributed by atoms with van der Waals surface area (Å²) in [5, 5.41) is 2.92. The Hall–Kier alpha value is -0.650. The van der Waals surface area contributed by atoms with Crippen molar-refractivity contribution in [2.24, 2.45) is 0 Å². The fourth-order valence-electron chi connectivity index (χ4n) is 2.97. The summed E-state index contributed by atoms with van der Waals surface area (Å²) in [6.45, 7) is 2.61. The Morgan fingerprint density at radius 2 is 2.19 bits per heavy atom. The van der Waals surface area contributed by atoms with Crippen molar-refractivity contribution in [3.05, 3.63) is 34.6 Å². The standard InChI is InChI=1S/C15H21ClFNO2S/c1-2-18-13(14-8-3-4-9-21(14,19)20)10-11-6-5-7-12(17)15(11)16/h5-7,13-14,18H,2-4,8-10H2,1H3. The molecule has 0 spiro atoms. The fourth-order valence-corrected chi connectivity index (χ4v) is 5.30. The molecule has 0 radical (unpaired) electrons. The first-order chi connectivity index (χ1) is 9.95. The molecule has 1 N–H and O–H groups in total. The lowest BCUT2D eigenvalue weighted by atomic mass is 9.99. The molecule has 0 aliphatic carbocycles. The lowest BCUT2D eigenvalue weighted by molar-refractivity contribution is 0.440. The normalized spacial score (nSPS) is 22.9. The number of hydrogen-bond acceptors (Lipinski definition) is 3. The molecule has 1 aliphatic rings. The minimum atomic E-state index is -3.09. The van der Waals surface area contributed by atoms with Gasteiger partial charge in [-0.25, -0.2) is 12.8 Å². The summed E-state index contributed by atoms with van der Waals surface area (Å²) in [6, 6.07) is 4.45. The molecule has 2 atom stereocenters. The average Bonchev–Trinajstić information content (AvgIpc) is 2.43. The average molecular weight is 334 g/mol. The molecular weight excluding hydrogens is 313 g/mol. The Balaban J connectivity index is 2.25. The van der Waals surface area contributed by atoms with Gasteiger partial charge in [-0.15, -0.1) is 0 Å². The topological polar surface area (TPSA) is 46.2 Å². The maximum atomic E-state index is 13.5. The summed E-state index contributed by atoms with van der Waals surface area (Å²) in [7, 11) is -3.09. The lowest BCUT2D eigenvalue weighted by Crippen LogP contribution is -2.47. The molecule has 2 unspecified atom stereocenters. The van der Waals surface area contributed by atoms with Gasteiger partial charge in [-0.05, 0) is 37.4 Å². The molecular formula is C15H21ClFNO2S. The second-order valence-corrected chi connectivity index (χ2v) is 8.20. The van der Waals surface area contributed by atoms with E-state index in [0.717, 1.165) is 12.8 Å². The monoisotopic (exact) mass is 333 g/mol. The van der Waals surface area contributed by atoms with Gasteiger partial charge in [0.2, 0.25) is 0 Å². The first kappa shape index (κ1) is 16.7. The Morgan fingerprint density at radius 3 is 2.86 bits per heavy atom. The van der Waals surface area contributed by atoms with Gasteiger partial charge in [0, 0.05) is 6.04 Å². The molecule has 0 bridgehead atoms. The third-order valence-corrected chi connectivity index (χ3v) is 6.78. The van der Waals surface area contributed by atoms with Crippen LogP contribution in [0.4, 0.5) is 4.39 Å². The number of rotatable bonds is 5. The van der Waals surface area contributed by atoms with Gasteiger partial charge < -0.3 is 5.32 Å². The molecule has 0 saturated carbocycles. The van der Waals surface area contributed by atoms with Crippen molar-refractivity contribution in [3.8, 4) is 0 Å². The van der Waals surface area contributed by atoms with Gasteiger partial charge in [-0.3, -0.25) is 0 Å². The first-order valence-electron chi connectivity index (χ1n) is 7.33. The largest absolute Gasteiger partial charge is 0.313 e. The van der Waals surface area contributed by atoms with Gasteiger partial charge in [0.15, 0.2) is 9.84 Å². The predicted octanol–water partition coefficient (Wildman–Crippen LogP) is 2.97. The highest BCUT2D eigenvalue weighted by molar-refractivity contribution is 7.92. The van der Waals surface area contributed by atoms with Gasteiger partial charge in [0.1, 0.15) is 5.82 Å². The van der Waals surface area contributed by atoms with Crippen LogP contribution < -0.4 is 5.32 Å². The number of halogens is 2. The van der Waals surface area contributed by atoms with Crippen molar-refractivity contribution in [2.75, 3.05) is 12.3 Å². The highest BCUT2D eigenvalue weighted by atomic mass is 35.5. The van der Waals surface area contributed by atoms with Crippen LogP contribution in [0.1, 0.15) is 31.7 Å². The summed E-state index contributed by atoms with van der Waals surface area (Å²) >= 11 is 6.00. The number of likely N-dealkylation sites (N-methyl/N-ethyl adjacent to an activating group) is 1. The van der Waals surface area contributed by atoms with Gasteiger partial charge in [0.05, 0.1) is 16.0 Å². The maximum Gasteiger partial charge on any atom is 0.154 e. The molecule has 118 valence electrons. The Labute approximate surface area is 130 Å². The zero-order chi connectivity index (χ0) is 15.5. The summed E-state index contributed by atoms with van der Waals surface area (Å²) in [4.78, 5) is 0. The van der Waals surface area contributed by atoms with E-state index in [2.05, 4.69) is 5.32 Å². The minimum absolute atomic E-state index is 0.0913. The Kier molecular flexibility index (Phi) is 5.63. The van der Waals surface area contributed by atoms with Crippen molar-refractivity contribution < 1.29 is 12.8 Å². The Morgan fingerprint density at radius 1 is 1.43 bits per heavy atom. The van der Waals surface area contributed by atoms with Crippen LogP contribution in [-0.2, 0) is 16.3 Å². The zero-order valence-electron chi connectivity index (χ0n) is 12.1. The van der Waals surface area contributed by atoms with E-state index < -0.39 is 20.9 Å². The van der Waals surface area contributed by atoms with Crippen molar-refractivity contribution in [1.29, 1.82) is 0 Å². The van der Waals surface area contributed by atoms with E-state index in [-0.39, 0.29) is 16.8 Å². The van der Waals surface area contributed by atoms with Crippen LogP contribution in [0.5, 0.6) is 0 Å². The van der Waals surface area contributed by atoms with Crippen LogP contribution >= 0.6 is 11.6 Å². The van der Waals surface area contributed by atoms with E-state index in [0.29, 0.717) is 24.9 Å². The fraction of sp³-hybridized carbons (Fsp3) is 0.600. The van der Waals surface area contributed by atoms with Crippen LogP contribution in [0.15, 0.2) is 18.2 Å². The van der Waals surface area contributed by atoms with E-state index in [9.17, 15) is 12.8 Å². The van der Waals surface area contributed by atoms with Crippen molar-refractivity contribution in [1.82, 2.24) is 5.32 Å². The molecule has 1 heterocycles. The minimum Gasteiger partial charge on any atom is -0.313 e. The molecule has 1 aromatic rings. The zero-order valence-corrected chi connectivity index (χ0v) is 13.7. The van der Waals surface area contributed by atoms with Crippen LogP contribution in [0.2, 0.25) is 5.02 Å². The van der Waals surface area contributed by atoms with E-state index in [1.54, 1.807) is 12.1 Å². The summed E-state index contributed by atoms with van der Waals surface area (Å²) in [6.07, 6.45) is 2.74. The molecule has 3 nitrogen and oxygen atoms in total. The summed E-state index contributed by atoms with van der Waals surface area (Å²) in [5.41, 5.74) is 0.656. The molecule has 1 aliphatic heterocycles. The SMILES string of the molecule is CCNC(Cc1cccc(F)c1Cl)C1CCCCS1(=O)=O. The molecule has 6 heteroatoms. The first-order valence-corrected chi connectivity index (χ1v) is 9.43. The van der Waals surface area contributed by atoms with Crippen molar-refractivity contribution in [3.63, 3.8) is 0 Å². The van der Waals surface area contributed by atoms with Crippen LogP contribution in [0.25, 0.3) is 0 Å². The lowest BCUT2D eigenvalue weighted by Gasteiger charge is -2.31. The third-order valence-electron chi connectivity index (χ3n) is 4.02. The second-order valence-electron chi connectivity index (χ2n) is 5.48. The van der Waals surface area contributed by atoms with Crippen LogP contribution in [0, 0.1) is 5.82 Å². The molecule has 21 heavy (non-hydrogen) atoms. The molecule has 2 rings (SSSR count).